The van der Waals surface area contributed by atoms with E-state index in [4.69, 9.17) is 4.74 Å². The second kappa shape index (κ2) is 7.25. The summed E-state index contributed by atoms with van der Waals surface area (Å²) < 4.78 is 10.2. The third-order valence-corrected chi connectivity index (χ3v) is 3.99. The summed E-state index contributed by atoms with van der Waals surface area (Å²) in [4.78, 5) is 23.9. The maximum absolute atomic E-state index is 12.3. The van der Waals surface area contributed by atoms with Crippen LogP contribution in [0.15, 0.2) is 42.5 Å². The molecular weight excluding hydrogens is 322 g/mol. The standard InChI is InChI=1S/C19H19NO5/c1-24-19(23)15-3-2-4-16(17(15)21)20-18(22)13-7-9-14(10-8-13)25-11-12-5-6-12/h2-4,7-10,12,21H,5-6,11H2,1H3,(H,20,22). The van der Waals surface area contributed by atoms with Crippen LogP contribution in [0.5, 0.6) is 11.5 Å². The Bertz CT molecular complexity index is 781. The molecule has 0 radical (unpaired) electrons. The van der Waals surface area contributed by atoms with Crippen molar-refractivity contribution < 1.29 is 24.2 Å². The van der Waals surface area contributed by atoms with Crippen molar-refractivity contribution in [2.24, 2.45) is 5.92 Å². The summed E-state index contributed by atoms with van der Waals surface area (Å²) in [6.07, 6.45) is 2.43. The van der Waals surface area contributed by atoms with E-state index >= 15 is 0 Å². The molecule has 1 saturated carbocycles. The summed E-state index contributed by atoms with van der Waals surface area (Å²) in [6, 6.07) is 11.3. The first-order valence-electron chi connectivity index (χ1n) is 8.03. The molecule has 1 fully saturated rings. The lowest BCUT2D eigenvalue weighted by Gasteiger charge is -2.10. The molecule has 2 aromatic rings. The highest BCUT2D eigenvalue weighted by molar-refractivity contribution is 6.06. The van der Waals surface area contributed by atoms with E-state index in [-0.39, 0.29) is 17.0 Å². The number of rotatable bonds is 6. The molecule has 2 aromatic carbocycles. The second-order valence-electron chi connectivity index (χ2n) is 5.93. The van der Waals surface area contributed by atoms with Gasteiger partial charge in [0, 0.05) is 5.56 Å². The number of methoxy groups -OCH3 is 1. The maximum atomic E-state index is 12.3. The number of carbonyl (C=O) groups excluding carboxylic acids is 2. The number of esters is 1. The van der Waals surface area contributed by atoms with Crippen LogP contribution in [0.2, 0.25) is 0 Å². The Morgan fingerprint density at radius 1 is 1.16 bits per heavy atom. The molecule has 25 heavy (non-hydrogen) atoms. The summed E-state index contributed by atoms with van der Waals surface area (Å²) in [5, 5.41) is 12.7. The van der Waals surface area contributed by atoms with Gasteiger partial charge in [-0.15, -0.1) is 0 Å². The Hall–Kier alpha value is -3.02. The van der Waals surface area contributed by atoms with E-state index in [0.29, 0.717) is 18.1 Å². The lowest BCUT2D eigenvalue weighted by Crippen LogP contribution is -2.13. The maximum Gasteiger partial charge on any atom is 0.341 e. The molecule has 0 heterocycles. The van der Waals surface area contributed by atoms with Gasteiger partial charge in [-0.25, -0.2) is 4.79 Å². The smallest absolute Gasteiger partial charge is 0.341 e. The molecule has 0 bridgehead atoms. The van der Waals surface area contributed by atoms with Crippen molar-refractivity contribution >= 4 is 17.6 Å². The Morgan fingerprint density at radius 3 is 2.52 bits per heavy atom. The Balaban J connectivity index is 1.68. The van der Waals surface area contributed by atoms with Crippen LogP contribution in [0.1, 0.15) is 33.6 Å². The molecule has 2 N–H and O–H groups in total. The topological polar surface area (TPSA) is 84.9 Å². The molecule has 6 nitrogen and oxygen atoms in total. The predicted octanol–water partition coefficient (Wildman–Crippen LogP) is 3.22. The molecule has 0 aromatic heterocycles. The van der Waals surface area contributed by atoms with Crippen LogP contribution in [0.4, 0.5) is 5.69 Å². The molecule has 1 aliphatic rings. The van der Waals surface area contributed by atoms with E-state index in [0.717, 1.165) is 5.75 Å². The number of amides is 1. The van der Waals surface area contributed by atoms with Crippen LogP contribution in [0, 0.1) is 5.92 Å². The minimum absolute atomic E-state index is 0.0101. The van der Waals surface area contributed by atoms with Crippen molar-refractivity contribution in [2.45, 2.75) is 12.8 Å². The van der Waals surface area contributed by atoms with Crippen LogP contribution in [-0.4, -0.2) is 30.7 Å². The van der Waals surface area contributed by atoms with Gasteiger partial charge in [-0.2, -0.15) is 0 Å². The number of nitrogens with one attached hydrogen (secondary N) is 1. The first-order chi connectivity index (χ1) is 12.1. The zero-order chi connectivity index (χ0) is 17.8. The fourth-order valence-electron chi connectivity index (χ4n) is 2.31. The lowest BCUT2D eigenvalue weighted by atomic mass is 10.1. The number of hydrogen-bond acceptors (Lipinski definition) is 5. The normalized spacial score (nSPS) is 13.2. The van der Waals surface area contributed by atoms with Gasteiger partial charge >= 0.3 is 5.97 Å². The van der Waals surface area contributed by atoms with Gasteiger partial charge in [-0.3, -0.25) is 4.79 Å². The van der Waals surface area contributed by atoms with E-state index in [1.807, 2.05) is 0 Å². The SMILES string of the molecule is COC(=O)c1cccc(NC(=O)c2ccc(OCC3CC3)cc2)c1O. The van der Waals surface area contributed by atoms with Gasteiger partial charge in [0.1, 0.15) is 11.3 Å². The minimum Gasteiger partial charge on any atom is -0.505 e. The highest BCUT2D eigenvalue weighted by Gasteiger charge is 2.22. The Kier molecular flexibility index (Phi) is 4.88. The average Bonchev–Trinajstić information content (AvgIpc) is 3.46. The van der Waals surface area contributed by atoms with Gasteiger partial charge in [0.15, 0.2) is 5.75 Å². The number of hydrogen-bond donors (Lipinski definition) is 2. The van der Waals surface area contributed by atoms with Crippen molar-refractivity contribution in [1.29, 1.82) is 0 Å². The van der Waals surface area contributed by atoms with Crippen molar-refractivity contribution in [3.8, 4) is 11.5 Å². The van der Waals surface area contributed by atoms with E-state index in [2.05, 4.69) is 10.1 Å². The zero-order valence-corrected chi connectivity index (χ0v) is 13.8. The van der Waals surface area contributed by atoms with Crippen LogP contribution in [0.25, 0.3) is 0 Å². The molecule has 6 heteroatoms. The van der Waals surface area contributed by atoms with Crippen LogP contribution in [0.3, 0.4) is 0 Å². The van der Waals surface area contributed by atoms with Crippen LogP contribution < -0.4 is 10.1 Å². The first-order valence-corrected chi connectivity index (χ1v) is 8.03. The number of phenolic OH excluding ortho intramolecular Hbond substituents is 1. The summed E-state index contributed by atoms with van der Waals surface area (Å²) in [6.45, 7) is 0.708. The van der Waals surface area contributed by atoms with Gasteiger partial charge in [0.25, 0.3) is 5.91 Å². The molecule has 1 aliphatic carbocycles. The van der Waals surface area contributed by atoms with Gasteiger partial charge in [-0.05, 0) is 55.2 Å². The monoisotopic (exact) mass is 341 g/mol. The van der Waals surface area contributed by atoms with Gasteiger partial charge in [0.2, 0.25) is 0 Å². The van der Waals surface area contributed by atoms with E-state index in [1.54, 1.807) is 30.3 Å². The molecule has 1 amide bonds. The summed E-state index contributed by atoms with van der Waals surface area (Å²) >= 11 is 0. The summed E-state index contributed by atoms with van der Waals surface area (Å²) in [5.74, 6) is -0.0177. The number of phenols is 1. The minimum atomic E-state index is -0.675. The van der Waals surface area contributed by atoms with E-state index in [1.165, 1.54) is 32.1 Å². The molecule has 0 atom stereocenters. The number of benzene rings is 2. The van der Waals surface area contributed by atoms with Crippen molar-refractivity contribution in [1.82, 2.24) is 0 Å². The van der Waals surface area contributed by atoms with Gasteiger partial charge < -0.3 is 19.9 Å². The summed E-state index contributed by atoms with van der Waals surface area (Å²) in [5.41, 5.74) is 0.549. The molecule has 0 spiro atoms. The van der Waals surface area contributed by atoms with Gasteiger partial charge in [-0.1, -0.05) is 6.07 Å². The predicted molar refractivity (Wildman–Crippen MR) is 92.1 cm³/mol. The van der Waals surface area contributed by atoms with E-state index in [9.17, 15) is 14.7 Å². The van der Waals surface area contributed by atoms with Crippen molar-refractivity contribution in [3.63, 3.8) is 0 Å². The zero-order valence-electron chi connectivity index (χ0n) is 13.8. The Labute approximate surface area is 145 Å². The number of anilines is 1. The molecular formula is C19H19NO5. The number of ether oxygens (including phenoxy) is 2. The van der Waals surface area contributed by atoms with Crippen molar-refractivity contribution in [2.75, 3.05) is 19.0 Å². The second-order valence-corrected chi connectivity index (χ2v) is 5.93. The molecule has 0 aliphatic heterocycles. The number of aromatic hydroxyl groups is 1. The quantitative estimate of drug-likeness (QED) is 0.622. The molecule has 3 rings (SSSR count). The van der Waals surface area contributed by atoms with Gasteiger partial charge in [0.05, 0.1) is 19.4 Å². The van der Waals surface area contributed by atoms with Crippen LogP contribution in [-0.2, 0) is 4.74 Å². The number of carbonyl (C=O) groups is 2. The first kappa shape index (κ1) is 16.8. The van der Waals surface area contributed by atoms with Crippen molar-refractivity contribution in [3.05, 3.63) is 53.6 Å². The largest absolute Gasteiger partial charge is 0.505 e. The lowest BCUT2D eigenvalue weighted by molar-refractivity contribution is 0.0597. The van der Waals surface area contributed by atoms with E-state index < -0.39 is 11.9 Å². The highest BCUT2D eigenvalue weighted by atomic mass is 16.5. The van der Waals surface area contributed by atoms with Crippen LogP contribution >= 0.6 is 0 Å². The fourth-order valence-corrected chi connectivity index (χ4v) is 2.31. The third-order valence-electron chi connectivity index (χ3n) is 3.99. The Morgan fingerprint density at radius 2 is 1.88 bits per heavy atom. The average molecular weight is 341 g/mol. The fraction of sp³-hybridized carbons (Fsp3) is 0.263. The third kappa shape index (κ3) is 4.09. The molecule has 0 unspecified atom stereocenters. The number of para-hydroxylation sites is 1. The highest BCUT2D eigenvalue weighted by Crippen LogP contribution is 2.30. The summed E-state index contributed by atoms with van der Waals surface area (Å²) in [7, 11) is 1.22. The molecule has 130 valence electrons. The molecule has 0 saturated heterocycles.